The number of hydrazine groups is 1. The van der Waals surface area contributed by atoms with E-state index < -0.39 is 16.4 Å². The molecule has 2 aliphatic heterocycles. The van der Waals surface area contributed by atoms with Crippen LogP contribution < -0.4 is 10.3 Å². The van der Waals surface area contributed by atoms with E-state index in [9.17, 15) is 9.59 Å². The van der Waals surface area contributed by atoms with Gasteiger partial charge in [0.05, 0.1) is 38.6 Å². The van der Waals surface area contributed by atoms with Crippen molar-refractivity contribution < 1.29 is 19.2 Å². The fraction of sp³-hybridized carbons (Fsp3) is 0.867. The number of amides is 1. The highest BCUT2D eigenvalue weighted by atomic mass is 16.6. The molecule has 1 saturated carbocycles. The highest BCUT2D eigenvalue weighted by molar-refractivity contribution is 5.96. The lowest BCUT2D eigenvalue weighted by Gasteiger charge is -2.38. The molecular weight excluding hydrogens is 270 g/mol. The van der Waals surface area contributed by atoms with Crippen LogP contribution in [0.2, 0.25) is 0 Å². The molecule has 1 amide bonds. The third-order valence-corrected chi connectivity index (χ3v) is 6.33. The van der Waals surface area contributed by atoms with Crippen molar-refractivity contribution in [3.63, 3.8) is 0 Å². The van der Waals surface area contributed by atoms with E-state index in [2.05, 4.69) is 12.5 Å². The summed E-state index contributed by atoms with van der Waals surface area (Å²) in [7, 11) is 2.15. The van der Waals surface area contributed by atoms with Crippen LogP contribution in [0.3, 0.4) is 0 Å². The zero-order valence-corrected chi connectivity index (χ0v) is 13.4. The predicted octanol–water partition coefficient (Wildman–Crippen LogP) is -1.03. The second-order valence-corrected chi connectivity index (χ2v) is 7.56. The van der Waals surface area contributed by atoms with E-state index in [-0.39, 0.29) is 11.9 Å². The Morgan fingerprint density at radius 3 is 2.33 bits per heavy atom. The van der Waals surface area contributed by atoms with Gasteiger partial charge >= 0.3 is 5.97 Å². The van der Waals surface area contributed by atoms with Gasteiger partial charge in [0.15, 0.2) is 5.60 Å². The molecule has 2 atom stereocenters. The summed E-state index contributed by atoms with van der Waals surface area (Å²) in [4.78, 5) is 26.5. The maximum absolute atomic E-state index is 12.8. The summed E-state index contributed by atoms with van der Waals surface area (Å²) in [5.41, 5.74) is 0.974. The first-order valence-electron chi connectivity index (χ1n) is 7.84. The number of hydrogen-bond acceptors (Lipinski definition) is 4. The fourth-order valence-corrected chi connectivity index (χ4v) is 3.98. The molecular formula is C15H26N3O3+. The Hall–Kier alpha value is -1.14. The smallest absolute Gasteiger partial charge is 0.313 e. The van der Waals surface area contributed by atoms with Gasteiger partial charge < -0.3 is 9.64 Å². The molecule has 2 heterocycles. The zero-order chi connectivity index (χ0) is 15.5. The largest absolute Gasteiger partial charge is 0.448 e. The van der Waals surface area contributed by atoms with Gasteiger partial charge in [0.2, 0.25) is 0 Å². The summed E-state index contributed by atoms with van der Waals surface area (Å²) < 4.78 is 5.61. The van der Waals surface area contributed by atoms with Gasteiger partial charge in [-0.1, -0.05) is 13.8 Å². The molecule has 21 heavy (non-hydrogen) atoms. The highest BCUT2D eigenvalue weighted by Crippen LogP contribution is 2.65. The zero-order valence-electron chi connectivity index (χ0n) is 13.4. The number of carbonyl (C=O) groups is 2. The first-order chi connectivity index (χ1) is 9.73. The van der Waals surface area contributed by atoms with Crippen molar-refractivity contribution in [3.8, 4) is 0 Å². The van der Waals surface area contributed by atoms with Crippen LogP contribution in [0, 0.1) is 10.8 Å². The van der Waals surface area contributed by atoms with Gasteiger partial charge in [0, 0.05) is 5.41 Å². The standard InChI is InChI=1S/C15H25N3O3/c1-13(2)14(3)5-6-15(13,21-12(14)20)11(19)16-18-9-7-17(4)8-10-18/h5-10H2,1-4H3,(H,16,19)/p+1/t14-,15+/m0/s1. The fourth-order valence-electron chi connectivity index (χ4n) is 3.98. The number of ether oxygens (including phenoxy) is 1. The Balaban J connectivity index is 1.77. The van der Waals surface area contributed by atoms with E-state index in [1.165, 1.54) is 4.90 Å². The molecule has 3 rings (SSSR count). The number of nitrogens with one attached hydrogen (secondary N) is 2. The number of nitrogens with zero attached hydrogens (tertiary/aromatic N) is 1. The van der Waals surface area contributed by atoms with Gasteiger partial charge in [-0.25, -0.2) is 5.01 Å². The predicted molar refractivity (Wildman–Crippen MR) is 76.3 cm³/mol. The van der Waals surface area contributed by atoms with Crippen LogP contribution >= 0.6 is 0 Å². The number of rotatable bonds is 2. The van der Waals surface area contributed by atoms with Crippen LogP contribution in [0.1, 0.15) is 33.6 Å². The molecule has 0 aromatic heterocycles. The van der Waals surface area contributed by atoms with E-state index >= 15 is 0 Å². The topological polar surface area (TPSA) is 63.1 Å². The normalized spacial score (nSPS) is 39.3. The van der Waals surface area contributed by atoms with Crippen LogP contribution in [0.15, 0.2) is 0 Å². The lowest BCUT2D eigenvalue weighted by molar-refractivity contribution is -0.884. The Morgan fingerprint density at radius 2 is 1.86 bits per heavy atom. The van der Waals surface area contributed by atoms with Crippen LogP contribution in [0.4, 0.5) is 0 Å². The number of esters is 1. The van der Waals surface area contributed by atoms with Gasteiger partial charge in [-0.2, -0.15) is 0 Å². The second kappa shape index (κ2) is 4.43. The lowest BCUT2D eigenvalue weighted by Crippen LogP contribution is -3.12. The maximum atomic E-state index is 12.8. The number of carbonyl (C=O) groups excluding carboxylic acids is 2. The molecule has 0 aromatic rings. The summed E-state index contributed by atoms with van der Waals surface area (Å²) in [5, 5.41) is 1.96. The van der Waals surface area contributed by atoms with Crippen LogP contribution in [0.25, 0.3) is 0 Å². The van der Waals surface area contributed by atoms with Crippen molar-refractivity contribution in [2.45, 2.75) is 39.2 Å². The van der Waals surface area contributed by atoms with Crippen LogP contribution in [0.5, 0.6) is 0 Å². The summed E-state index contributed by atoms with van der Waals surface area (Å²) in [6, 6.07) is 0. The van der Waals surface area contributed by atoms with E-state index in [0.29, 0.717) is 6.42 Å². The summed E-state index contributed by atoms with van der Waals surface area (Å²) in [6.45, 7) is 9.58. The first kappa shape index (κ1) is 14.8. The average molecular weight is 296 g/mol. The number of piperazine rings is 1. The summed E-state index contributed by atoms with van der Waals surface area (Å²) >= 11 is 0. The van der Waals surface area contributed by atoms with Gasteiger partial charge in [-0.05, 0) is 19.8 Å². The molecule has 2 N–H and O–H groups in total. The Morgan fingerprint density at radius 1 is 1.24 bits per heavy atom. The molecule has 3 fully saturated rings. The lowest BCUT2D eigenvalue weighted by atomic mass is 9.66. The quantitative estimate of drug-likeness (QED) is 0.640. The number of quaternary nitrogens is 1. The minimum atomic E-state index is -1.00. The monoisotopic (exact) mass is 296 g/mol. The minimum Gasteiger partial charge on any atom is -0.448 e. The average Bonchev–Trinajstić information content (AvgIpc) is 2.72. The second-order valence-electron chi connectivity index (χ2n) is 7.56. The van der Waals surface area contributed by atoms with Crippen LogP contribution in [-0.2, 0) is 14.3 Å². The van der Waals surface area contributed by atoms with Crippen molar-refractivity contribution in [2.75, 3.05) is 33.2 Å². The molecule has 2 bridgehead atoms. The van der Waals surface area contributed by atoms with E-state index in [1.54, 1.807) is 0 Å². The van der Waals surface area contributed by atoms with Gasteiger partial charge in [-0.3, -0.25) is 15.0 Å². The first-order valence-corrected chi connectivity index (χ1v) is 7.84. The van der Waals surface area contributed by atoms with Crippen molar-refractivity contribution in [2.24, 2.45) is 10.8 Å². The van der Waals surface area contributed by atoms with Crippen LogP contribution in [-0.4, -0.2) is 55.7 Å². The minimum absolute atomic E-state index is 0.151. The third-order valence-electron chi connectivity index (χ3n) is 6.33. The molecule has 0 spiro atoms. The molecule has 118 valence electrons. The molecule has 6 heteroatoms. The molecule has 6 nitrogen and oxygen atoms in total. The van der Waals surface area contributed by atoms with Crippen molar-refractivity contribution in [1.82, 2.24) is 10.4 Å². The third kappa shape index (κ3) is 1.78. The molecule has 3 aliphatic rings. The number of likely N-dealkylation sites (N-methyl/N-ethyl adjacent to an activating group) is 1. The van der Waals surface area contributed by atoms with Gasteiger partial charge in [0.25, 0.3) is 5.91 Å². The molecule has 0 unspecified atom stereocenters. The number of hydrogen-bond donors (Lipinski definition) is 2. The molecule has 1 aliphatic carbocycles. The van der Waals surface area contributed by atoms with Gasteiger partial charge in [-0.15, -0.1) is 0 Å². The maximum Gasteiger partial charge on any atom is 0.313 e. The molecule has 0 radical (unpaired) electrons. The van der Waals surface area contributed by atoms with Crippen molar-refractivity contribution in [1.29, 1.82) is 0 Å². The molecule has 2 saturated heterocycles. The van der Waals surface area contributed by atoms with E-state index in [1.807, 2.05) is 25.8 Å². The Kier molecular flexibility index (Phi) is 3.12. The van der Waals surface area contributed by atoms with Crippen molar-refractivity contribution in [3.05, 3.63) is 0 Å². The van der Waals surface area contributed by atoms with E-state index in [0.717, 1.165) is 32.6 Å². The Labute approximate surface area is 125 Å². The highest BCUT2D eigenvalue weighted by Gasteiger charge is 2.75. The molecule has 0 aromatic carbocycles. The van der Waals surface area contributed by atoms with Crippen molar-refractivity contribution >= 4 is 11.9 Å². The Bertz CT molecular complexity index is 485. The van der Waals surface area contributed by atoms with Gasteiger partial charge in [0.1, 0.15) is 0 Å². The number of fused-ring (bicyclic) bond motifs is 2. The summed E-state index contributed by atoms with van der Waals surface area (Å²) in [5.74, 6) is -0.377. The SMILES string of the molecule is C[NH+]1CCN(NC(=O)[C@@]23CC[C@@](C)(C(=O)O2)C3(C)C)CC1. The summed E-state index contributed by atoms with van der Waals surface area (Å²) in [6.07, 6.45) is 1.34. The van der Waals surface area contributed by atoms with E-state index in [4.69, 9.17) is 4.74 Å².